The lowest BCUT2D eigenvalue weighted by Crippen LogP contribution is -2.46. The van der Waals surface area contributed by atoms with E-state index in [1.807, 2.05) is 17.9 Å². The van der Waals surface area contributed by atoms with Crippen LogP contribution in [0.15, 0.2) is 18.2 Å². The number of hydrogen-bond acceptors (Lipinski definition) is 3. The third-order valence-corrected chi connectivity index (χ3v) is 4.21. The summed E-state index contributed by atoms with van der Waals surface area (Å²) in [6.07, 6.45) is 1.63. The Kier molecular flexibility index (Phi) is 5.17. The summed E-state index contributed by atoms with van der Waals surface area (Å²) < 4.78 is 14.4. The zero-order chi connectivity index (χ0) is 15.4. The van der Waals surface area contributed by atoms with Crippen LogP contribution in [0.3, 0.4) is 0 Å². The van der Waals surface area contributed by atoms with E-state index in [0.29, 0.717) is 18.8 Å². The second-order valence-electron chi connectivity index (χ2n) is 5.71. The Bertz CT molecular complexity index is 506. The van der Waals surface area contributed by atoms with Gasteiger partial charge in [0.2, 0.25) is 5.91 Å². The van der Waals surface area contributed by atoms with Crippen LogP contribution >= 0.6 is 0 Å². The maximum Gasteiger partial charge on any atom is 0.222 e. The third-order valence-electron chi connectivity index (χ3n) is 4.21. The van der Waals surface area contributed by atoms with Gasteiger partial charge in [0, 0.05) is 19.1 Å². The lowest BCUT2D eigenvalue weighted by Gasteiger charge is -2.39. The molecule has 0 radical (unpaired) electrons. The van der Waals surface area contributed by atoms with Crippen molar-refractivity contribution in [3.8, 4) is 0 Å². The fraction of sp³-hybridized carbons (Fsp3) is 0.562. The van der Waals surface area contributed by atoms with Crippen molar-refractivity contribution in [2.45, 2.75) is 39.3 Å². The molecule has 1 aliphatic heterocycles. The van der Waals surface area contributed by atoms with E-state index in [1.165, 1.54) is 6.07 Å². The molecule has 1 saturated heterocycles. The summed E-state index contributed by atoms with van der Waals surface area (Å²) in [5.41, 5.74) is 6.97. The number of halogens is 1. The molecule has 116 valence electrons. The standard InChI is InChI=1S/C16H24FN3O/c1-3-19-9-12-5-4-6-14(17)15(12)20-10-13(16(18)21)8-7-11(20)2/h4-6,11,13,19H,3,7-10H2,1-2H3,(H2,18,21). The average molecular weight is 293 g/mol. The fourth-order valence-corrected chi connectivity index (χ4v) is 2.93. The van der Waals surface area contributed by atoms with Crippen molar-refractivity contribution in [2.75, 3.05) is 18.0 Å². The first-order valence-corrected chi connectivity index (χ1v) is 7.58. The minimum Gasteiger partial charge on any atom is -0.369 e. The van der Waals surface area contributed by atoms with E-state index in [1.54, 1.807) is 6.07 Å². The highest BCUT2D eigenvalue weighted by atomic mass is 19.1. The van der Waals surface area contributed by atoms with E-state index < -0.39 is 0 Å². The largest absolute Gasteiger partial charge is 0.369 e. The molecule has 0 spiro atoms. The molecular weight excluding hydrogens is 269 g/mol. The lowest BCUT2D eigenvalue weighted by molar-refractivity contribution is -0.122. The van der Waals surface area contributed by atoms with Crippen LogP contribution < -0.4 is 16.0 Å². The highest BCUT2D eigenvalue weighted by Crippen LogP contribution is 2.32. The summed E-state index contributed by atoms with van der Waals surface area (Å²) in [6.45, 7) is 6.03. The molecule has 0 aliphatic carbocycles. The van der Waals surface area contributed by atoms with E-state index in [9.17, 15) is 9.18 Å². The van der Waals surface area contributed by atoms with Crippen molar-refractivity contribution in [1.29, 1.82) is 0 Å². The predicted molar refractivity (Wildman–Crippen MR) is 82.5 cm³/mol. The topological polar surface area (TPSA) is 58.4 Å². The number of nitrogens with zero attached hydrogens (tertiary/aromatic N) is 1. The number of amides is 1. The molecule has 4 nitrogen and oxygen atoms in total. The monoisotopic (exact) mass is 293 g/mol. The zero-order valence-electron chi connectivity index (χ0n) is 12.7. The number of rotatable bonds is 5. The van der Waals surface area contributed by atoms with Gasteiger partial charge in [0.25, 0.3) is 0 Å². The molecule has 1 aliphatic rings. The number of carbonyl (C=O) groups is 1. The van der Waals surface area contributed by atoms with E-state index in [2.05, 4.69) is 12.2 Å². The van der Waals surface area contributed by atoms with Gasteiger partial charge in [0.1, 0.15) is 5.82 Å². The highest BCUT2D eigenvalue weighted by Gasteiger charge is 2.31. The lowest BCUT2D eigenvalue weighted by atomic mass is 9.91. The molecule has 2 atom stereocenters. The van der Waals surface area contributed by atoms with Crippen LogP contribution in [0.1, 0.15) is 32.3 Å². The first-order chi connectivity index (χ1) is 10.0. The Labute approximate surface area is 125 Å². The average Bonchev–Trinajstić information content (AvgIpc) is 2.46. The Morgan fingerprint density at radius 3 is 2.90 bits per heavy atom. The van der Waals surface area contributed by atoms with Crippen LogP contribution in [0.4, 0.5) is 10.1 Å². The Morgan fingerprint density at radius 1 is 1.48 bits per heavy atom. The molecule has 0 saturated carbocycles. The molecule has 0 aromatic heterocycles. The number of nitrogens with one attached hydrogen (secondary N) is 1. The summed E-state index contributed by atoms with van der Waals surface area (Å²) in [7, 11) is 0. The minimum absolute atomic E-state index is 0.201. The van der Waals surface area contributed by atoms with E-state index >= 15 is 0 Å². The molecule has 21 heavy (non-hydrogen) atoms. The van der Waals surface area contributed by atoms with Crippen LogP contribution in [0.2, 0.25) is 0 Å². The molecule has 5 heteroatoms. The number of para-hydroxylation sites is 1. The first-order valence-electron chi connectivity index (χ1n) is 7.58. The number of hydrogen-bond donors (Lipinski definition) is 2. The molecule has 1 aromatic carbocycles. The van der Waals surface area contributed by atoms with Gasteiger partial charge in [-0.2, -0.15) is 0 Å². The maximum atomic E-state index is 14.4. The summed E-state index contributed by atoms with van der Waals surface area (Å²) >= 11 is 0. The molecule has 2 rings (SSSR count). The Balaban J connectivity index is 2.31. The summed E-state index contributed by atoms with van der Waals surface area (Å²) in [5.74, 6) is -0.730. The van der Waals surface area contributed by atoms with E-state index in [4.69, 9.17) is 5.73 Å². The van der Waals surface area contributed by atoms with Gasteiger partial charge in [-0.25, -0.2) is 4.39 Å². The van der Waals surface area contributed by atoms with Crippen molar-refractivity contribution < 1.29 is 9.18 Å². The van der Waals surface area contributed by atoms with Crippen LogP contribution in [-0.2, 0) is 11.3 Å². The second kappa shape index (κ2) is 6.89. The zero-order valence-corrected chi connectivity index (χ0v) is 12.7. The SMILES string of the molecule is CCNCc1cccc(F)c1N1CC(C(N)=O)CCC1C. The molecule has 3 N–H and O–H groups in total. The Morgan fingerprint density at radius 2 is 2.24 bits per heavy atom. The molecule has 2 unspecified atom stereocenters. The van der Waals surface area contributed by atoms with E-state index in [-0.39, 0.29) is 23.7 Å². The molecular formula is C16H24FN3O. The van der Waals surface area contributed by atoms with Gasteiger partial charge in [0.15, 0.2) is 0 Å². The number of anilines is 1. The second-order valence-corrected chi connectivity index (χ2v) is 5.71. The van der Waals surface area contributed by atoms with Crippen molar-refractivity contribution in [1.82, 2.24) is 5.32 Å². The maximum absolute atomic E-state index is 14.4. The van der Waals surface area contributed by atoms with Gasteiger partial charge in [0.05, 0.1) is 11.6 Å². The van der Waals surface area contributed by atoms with Crippen molar-refractivity contribution in [2.24, 2.45) is 11.7 Å². The van der Waals surface area contributed by atoms with Crippen LogP contribution in [0.5, 0.6) is 0 Å². The van der Waals surface area contributed by atoms with Gasteiger partial charge in [-0.05, 0) is 37.9 Å². The number of primary amides is 1. The smallest absolute Gasteiger partial charge is 0.222 e. The third kappa shape index (κ3) is 3.53. The van der Waals surface area contributed by atoms with Crippen LogP contribution in [0.25, 0.3) is 0 Å². The molecule has 1 fully saturated rings. The fourth-order valence-electron chi connectivity index (χ4n) is 2.93. The van der Waals surface area contributed by atoms with Crippen LogP contribution in [-0.4, -0.2) is 25.0 Å². The summed E-state index contributed by atoms with van der Waals surface area (Å²) in [6, 6.07) is 5.34. The van der Waals surface area contributed by atoms with Gasteiger partial charge in [-0.1, -0.05) is 19.1 Å². The van der Waals surface area contributed by atoms with Gasteiger partial charge in [-0.3, -0.25) is 4.79 Å². The van der Waals surface area contributed by atoms with Crippen molar-refractivity contribution >= 4 is 11.6 Å². The number of carbonyl (C=O) groups excluding carboxylic acids is 1. The first kappa shape index (κ1) is 15.8. The van der Waals surface area contributed by atoms with Gasteiger partial charge < -0.3 is 16.0 Å². The number of piperidine rings is 1. The number of benzene rings is 1. The van der Waals surface area contributed by atoms with Crippen molar-refractivity contribution in [3.05, 3.63) is 29.6 Å². The van der Waals surface area contributed by atoms with E-state index in [0.717, 1.165) is 24.9 Å². The number of nitrogens with two attached hydrogens (primary N) is 1. The Hall–Kier alpha value is -1.62. The quantitative estimate of drug-likeness (QED) is 0.873. The predicted octanol–water partition coefficient (Wildman–Crippen LogP) is 2.03. The summed E-state index contributed by atoms with van der Waals surface area (Å²) in [4.78, 5) is 13.5. The molecule has 1 heterocycles. The molecule has 1 aromatic rings. The molecule has 1 amide bonds. The van der Waals surface area contributed by atoms with Crippen molar-refractivity contribution in [3.63, 3.8) is 0 Å². The molecule has 0 bridgehead atoms. The normalized spacial score (nSPS) is 22.3. The minimum atomic E-state index is -0.295. The summed E-state index contributed by atoms with van der Waals surface area (Å²) in [5, 5.41) is 3.24. The van der Waals surface area contributed by atoms with Gasteiger partial charge >= 0.3 is 0 Å². The van der Waals surface area contributed by atoms with Gasteiger partial charge in [-0.15, -0.1) is 0 Å². The van der Waals surface area contributed by atoms with Crippen LogP contribution in [0, 0.1) is 11.7 Å². The highest BCUT2D eigenvalue weighted by molar-refractivity contribution is 5.78.